The zero-order valence-electron chi connectivity index (χ0n) is 11.4. The first-order chi connectivity index (χ1) is 9.95. The maximum Gasteiger partial charge on any atom is 0.305 e. The van der Waals surface area contributed by atoms with Gasteiger partial charge >= 0.3 is 5.97 Å². The molecule has 0 spiro atoms. The third-order valence-electron chi connectivity index (χ3n) is 3.00. The fourth-order valence-corrected chi connectivity index (χ4v) is 2.30. The second-order valence-electron chi connectivity index (χ2n) is 4.68. The Hall–Kier alpha value is -1.92. The average Bonchev–Trinajstić information content (AvgIpc) is 2.72. The molecular formula is C14H15ClFN3O2. The average molecular weight is 312 g/mol. The zero-order chi connectivity index (χ0) is 15.4. The molecule has 1 aromatic heterocycles. The molecule has 1 atom stereocenters. The maximum atomic E-state index is 13.3. The number of aryl methyl sites for hydroxylation is 1. The first-order valence-electron chi connectivity index (χ1n) is 6.34. The van der Waals surface area contributed by atoms with E-state index in [0.717, 1.165) is 0 Å². The van der Waals surface area contributed by atoms with E-state index < -0.39 is 17.8 Å². The highest BCUT2D eigenvalue weighted by atomic mass is 35.5. The molecule has 0 fully saturated rings. The van der Waals surface area contributed by atoms with Gasteiger partial charge in [0.1, 0.15) is 5.82 Å². The van der Waals surface area contributed by atoms with E-state index in [4.69, 9.17) is 16.7 Å². The summed E-state index contributed by atoms with van der Waals surface area (Å²) in [7, 11) is 1.75. The van der Waals surface area contributed by atoms with Gasteiger partial charge in [0.05, 0.1) is 17.1 Å². The van der Waals surface area contributed by atoms with E-state index in [9.17, 15) is 9.18 Å². The lowest BCUT2D eigenvalue weighted by Gasteiger charge is -2.17. The lowest BCUT2D eigenvalue weighted by molar-refractivity contribution is -0.137. The van der Waals surface area contributed by atoms with Crippen molar-refractivity contribution in [2.24, 2.45) is 7.05 Å². The highest BCUT2D eigenvalue weighted by molar-refractivity contribution is 6.31. The number of hydrogen-bond acceptors (Lipinski definition) is 3. The first kappa shape index (κ1) is 15.5. The summed E-state index contributed by atoms with van der Waals surface area (Å²) < 4.78 is 14.9. The van der Waals surface area contributed by atoms with Gasteiger partial charge in [-0.15, -0.1) is 0 Å². The summed E-state index contributed by atoms with van der Waals surface area (Å²) in [6.07, 6.45) is 1.50. The number of hydrogen-bond donors (Lipinski definition) is 2. The molecule has 1 unspecified atom stereocenters. The van der Waals surface area contributed by atoms with Gasteiger partial charge in [-0.05, 0) is 17.7 Å². The van der Waals surface area contributed by atoms with Crippen molar-refractivity contribution in [3.05, 3.63) is 52.6 Å². The number of carbonyl (C=O) groups is 1. The molecule has 2 rings (SSSR count). The van der Waals surface area contributed by atoms with Crippen LogP contribution >= 0.6 is 11.6 Å². The summed E-state index contributed by atoms with van der Waals surface area (Å²) in [5, 5.41) is 16.7. The topological polar surface area (TPSA) is 67.2 Å². The van der Waals surface area contributed by atoms with Crippen LogP contribution in [-0.4, -0.2) is 20.9 Å². The van der Waals surface area contributed by atoms with E-state index in [1.54, 1.807) is 30.1 Å². The van der Waals surface area contributed by atoms with E-state index in [-0.39, 0.29) is 6.42 Å². The van der Waals surface area contributed by atoms with Crippen LogP contribution in [0.4, 0.5) is 4.39 Å². The number of benzene rings is 1. The molecule has 1 aromatic carbocycles. The zero-order valence-corrected chi connectivity index (χ0v) is 12.1. The molecule has 0 saturated heterocycles. The minimum absolute atomic E-state index is 0.159. The number of halogens is 2. The fraction of sp³-hybridized carbons (Fsp3) is 0.286. The van der Waals surface area contributed by atoms with E-state index in [2.05, 4.69) is 10.4 Å². The van der Waals surface area contributed by atoms with Crippen LogP contribution in [0.2, 0.25) is 5.02 Å². The van der Waals surface area contributed by atoms with Crippen molar-refractivity contribution in [1.29, 1.82) is 0 Å². The standard InChI is InChI=1S/C14H15ClFN3O2/c1-19-8-11(15)13(18-19)7-17-12(6-14(20)21)9-3-2-4-10(16)5-9/h2-5,8,12,17H,6-7H2,1H3,(H,20,21). The molecule has 0 amide bonds. The van der Waals surface area contributed by atoms with Crippen LogP contribution in [0.3, 0.4) is 0 Å². The van der Waals surface area contributed by atoms with Gasteiger partial charge in [-0.25, -0.2) is 4.39 Å². The molecule has 1 heterocycles. The number of carboxylic acids is 1. The lowest BCUT2D eigenvalue weighted by Crippen LogP contribution is -2.24. The largest absolute Gasteiger partial charge is 0.481 e. The first-order valence-corrected chi connectivity index (χ1v) is 6.72. The van der Waals surface area contributed by atoms with Gasteiger partial charge in [0.15, 0.2) is 0 Å². The molecule has 2 N–H and O–H groups in total. The van der Waals surface area contributed by atoms with Crippen molar-refractivity contribution in [3.63, 3.8) is 0 Å². The predicted octanol–water partition coefficient (Wildman–Crippen LogP) is 2.52. The Morgan fingerprint density at radius 2 is 2.33 bits per heavy atom. The van der Waals surface area contributed by atoms with Gasteiger partial charge < -0.3 is 10.4 Å². The number of carboxylic acid groups (broad SMARTS) is 1. The Kier molecular flexibility index (Phi) is 4.93. The van der Waals surface area contributed by atoms with Crippen molar-refractivity contribution in [2.45, 2.75) is 19.0 Å². The van der Waals surface area contributed by atoms with Gasteiger partial charge in [0.2, 0.25) is 0 Å². The molecule has 0 radical (unpaired) electrons. The van der Waals surface area contributed by atoms with Crippen molar-refractivity contribution < 1.29 is 14.3 Å². The van der Waals surface area contributed by atoms with Crippen LogP contribution in [0, 0.1) is 5.82 Å². The normalized spacial score (nSPS) is 12.3. The van der Waals surface area contributed by atoms with E-state index in [1.807, 2.05) is 0 Å². The van der Waals surface area contributed by atoms with Crippen molar-refractivity contribution in [3.8, 4) is 0 Å². The van der Waals surface area contributed by atoms with Crippen LogP contribution in [0.15, 0.2) is 30.5 Å². The summed E-state index contributed by atoms with van der Waals surface area (Å²) in [6, 6.07) is 5.35. The summed E-state index contributed by atoms with van der Waals surface area (Å²) >= 11 is 6.01. The van der Waals surface area contributed by atoms with Gasteiger partial charge in [0, 0.05) is 25.8 Å². The molecule has 7 heteroatoms. The maximum absolute atomic E-state index is 13.3. The number of rotatable bonds is 6. The Balaban J connectivity index is 2.13. The second-order valence-corrected chi connectivity index (χ2v) is 5.09. The van der Waals surface area contributed by atoms with Gasteiger partial charge in [-0.3, -0.25) is 9.48 Å². The molecule has 112 valence electrons. The highest BCUT2D eigenvalue weighted by Gasteiger charge is 2.17. The molecule has 0 aliphatic heterocycles. The number of nitrogens with zero attached hydrogens (tertiary/aromatic N) is 2. The van der Waals surface area contributed by atoms with Crippen LogP contribution in [0.1, 0.15) is 23.7 Å². The van der Waals surface area contributed by atoms with E-state index >= 15 is 0 Å². The number of aliphatic carboxylic acids is 1. The molecule has 0 aliphatic carbocycles. The highest BCUT2D eigenvalue weighted by Crippen LogP contribution is 2.20. The van der Waals surface area contributed by atoms with Crippen LogP contribution in [-0.2, 0) is 18.4 Å². The SMILES string of the molecule is Cn1cc(Cl)c(CNC(CC(=O)O)c2cccc(F)c2)n1. The Bertz CT molecular complexity index is 645. The summed E-state index contributed by atoms with van der Waals surface area (Å²) in [5.41, 5.74) is 1.19. The minimum atomic E-state index is -0.969. The second kappa shape index (κ2) is 6.69. The quantitative estimate of drug-likeness (QED) is 0.860. The third kappa shape index (κ3) is 4.27. The lowest BCUT2D eigenvalue weighted by atomic mass is 10.0. The molecule has 0 saturated carbocycles. The van der Waals surface area contributed by atoms with Crippen LogP contribution < -0.4 is 5.32 Å². The van der Waals surface area contributed by atoms with E-state index in [1.165, 1.54) is 12.1 Å². The number of nitrogens with one attached hydrogen (secondary N) is 1. The van der Waals surface area contributed by atoms with Crippen LogP contribution in [0.5, 0.6) is 0 Å². The molecule has 2 aromatic rings. The Morgan fingerprint density at radius 3 is 2.90 bits per heavy atom. The summed E-state index contributed by atoms with van der Waals surface area (Å²) in [5.74, 6) is -1.37. The summed E-state index contributed by atoms with van der Waals surface area (Å²) in [4.78, 5) is 11.0. The fourth-order valence-electron chi connectivity index (χ4n) is 2.05. The minimum Gasteiger partial charge on any atom is -0.481 e. The van der Waals surface area contributed by atoms with Crippen molar-refractivity contribution in [2.75, 3.05) is 0 Å². The molecule has 0 bridgehead atoms. The van der Waals surface area contributed by atoms with Crippen LogP contribution in [0.25, 0.3) is 0 Å². The Morgan fingerprint density at radius 1 is 1.57 bits per heavy atom. The molecule has 21 heavy (non-hydrogen) atoms. The van der Waals surface area contributed by atoms with Crippen molar-refractivity contribution >= 4 is 17.6 Å². The predicted molar refractivity (Wildman–Crippen MR) is 76.5 cm³/mol. The van der Waals surface area contributed by atoms with E-state index in [0.29, 0.717) is 22.8 Å². The smallest absolute Gasteiger partial charge is 0.305 e. The summed E-state index contributed by atoms with van der Waals surface area (Å²) in [6.45, 7) is 0.300. The number of aromatic nitrogens is 2. The monoisotopic (exact) mass is 311 g/mol. The van der Waals surface area contributed by atoms with Gasteiger partial charge in [-0.2, -0.15) is 5.10 Å². The van der Waals surface area contributed by atoms with Gasteiger partial charge in [-0.1, -0.05) is 23.7 Å². The molecule has 5 nitrogen and oxygen atoms in total. The Labute approximate surface area is 126 Å². The van der Waals surface area contributed by atoms with Gasteiger partial charge in [0.25, 0.3) is 0 Å². The molecule has 0 aliphatic rings. The third-order valence-corrected chi connectivity index (χ3v) is 3.32. The molecular weight excluding hydrogens is 297 g/mol. The van der Waals surface area contributed by atoms with Crippen molar-refractivity contribution in [1.82, 2.24) is 15.1 Å².